The topological polar surface area (TPSA) is 83.5 Å². The number of nitrogens with one attached hydrogen (secondary N) is 2. The molecule has 2 aliphatic rings. The smallest absolute Gasteiger partial charge is 0.320 e. The number of carbonyl (C=O) groups excluding carboxylic acids is 1. The molecule has 1 aromatic heterocycles. The first kappa shape index (κ1) is 20.3. The number of aliphatic hydroxyl groups excluding tert-OH is 1. The molecule has 0 spiro atoms. The fourth-order valence-corrected chi connectivity index (χ4v) is 4.14. The van der Waals surface area contributed by atoms with Gasteiger partial charge in [0.25, 0.3) is 0 Å². The number of amides is 2. The molecule has 32 heavy (non-hydrogen) atoms. The number of benzene rings is 2. The number of fused-ring (bicyclic) bond motifs is 3. The van der Waals surface area contributed by atoms with E-state index in [2.05, 4.69) is 15.6 Å². The lowest BCUT2D eigenvalue weighted by Crippen LogP contribution is -2.32. The average Bonchev–Trinajstić information content (AvgIpc) is 3.49. The molecular weight excluding hydrogens is 423 g/mol. The molecule has 6 nitrogen and oxygen atoms in total. The summed E-state index contributed by atoms with van der Waals surface area (Å²) in [7, 11) is 0. The number of hydrogen-bond acceptors (Lipinski definition) is 4. The van der Waals surface area contributed by atoms with Gasteiger partial charge >= 0.3 is 6.03 Å². The first-order valence-corrected chi connectivity index (χ1v) is 10.00. The Balaban J connectivity index is 1.22. The molecule has 2 aromatic carbocycles. The van der Waals surface area contributed by atoms with Crippen molar-refractivity contribution in [1.82, 2.24) is 10.3 Å². The van der Waals surface area contributed by atoms with Crippen molar-refractivity contribution in [2.24, 2.45) is 5.92 Å². The van der Waals surface area contributed by atoms with Crippen LogP contribution in [0.4, 0.5) is 23.8 Å². The van der Waals surface area contributed by atoms with Crippen molar-refractivity contribution in [3.05, 3.63) is 88.9 Å². The minimum atomic E-state index is -0.990. The van der Waals surface area contributed by atoms with Crippen molar-refractivity contribution in [1.29, 1.82) is 0 Å². The van der Waals surface area contributed by atoms with Gasteiger partial charge in [0, 0.05) is 35.2 Å². The maximum absolute atomic E-state index is 14.2. The second-order valence-corrected chi connectivity index (χ2v) is 7.83. The van der Waals surface area contributed by atoms with Crippen LogP contribution < -0.4 is 15.4 Å². The molecule has 5 rings (SSSR count). The zero-order valence-electron chi connectivity index (χ0n) is 16.6. The highest BCUT2D eigenvalue weighted by atomic mass is 19.1. The van der Waals surface area contributed by atoms with E-state index in [0.29, 0.717) is 11.1 Å². The van der Waals surface area contributed by atoms with Gasteiger partial charge in [0.15, 0.2) is 11.6 Å². The summed E-state index contributed by atoms with van der Waals surface area (Å²) in [5.74, 6) is -1.90. The molecular formula is C23H18F3N3O3. The van der Waals surface area contributed by atoms with Gasteiger partial charge in [0.2, 0.25) is 0 Å². The molecule has 1 saturated carbocycles. The Kier molecular flexibility index (Phi) is 4.97. The van der Waals surface area contributed by atoms with E-state index in [4.69, 9.17) is 4.74 Å². The minimum absolute atomic E-state index is 0.0899. The summed E-state index contributed by atoms with van der Waals surface area (Å²) in [4.78, 5) is 16.5. The van der Waals surface area contributed by atoms with Crippen molar-refractivity contribution in [2.45, 2.75) is 18.1 Å². The second-order valence-electron chi connectivity index (χ2n) is 7.83. The van der Waals surface area contributed by atoms with E-state index in [1.54, 1.807) is 6.07 Å². The summed E-state index contributed by atoms with van der Waals surface area (Å²) in [6.07, 6.45) is 0.416. The van der Waals surface area contributed by atoms with Gasteiger partial charge in [-0.15, -0.1) is 0 Å². The predicted molar refractivity (Wildman–Crippen MR) is 109 cm³/mol. The van der Waals surface area contributed by atoms with E-state index in [1.807, 2.05) is 0 Å². The molecule has 0 radical (unpaired) electrons. The predicted octanol–water partition coefficient (Wildman–Crippen LogP) is 3.88. The van der Waals surface area contributed by atoms with Gasteiger partial charge in [-0.3, -0.25) is 5.32 Å². The van der Waals surface area contributed by atoms with E-state index in [9.17, 15) is 23.1 Å². The molecule has 1 unspecified atom stereocenters. The first-order valence-electron chi connectivity index (χ1n) is 10.00. The molecule has 2 heterocycles. The Bertz CT molecular complexity index is 1170. The third kappa shape index (κ3) is 3.64. The highest BCUT2D eigenvalue weighted by molar-refractivity contribution is 5.89. The van der Waals surface area contributed by atoms with Crippen LogP contribution in [0.3, 0.4) is 0 Å². The highest BCUT2D eigenvalue weighted by Crippen LogP contribution is 2.55. The summed E-state index contributed by atoms with van der Waals surface area (Å²) in [6, 6.07) is 9.74. The van der Waals surface area contributed by atoms with Crippen LogP contribution in [0.5, 0.6) is 5.75 Å². The Hall–Kier alpha value is -3.59. The number of anilines is 1. The van der Waals surface area contributed by atoms with Crippen molar-refractivity contribution < 1.29 is 27.8 Å². The molecule has 0 bridgehead atoms. The number of nitrogens with zero attached hydrogens (tertiary/aromatic N) is 1. The van der Waals surface area contributed by atoms with Crippen LogP contribution in [0.1, 0.15) is 28.7 Å². The van der Waals surface area contributed by atoms with Crippen LogP contribution in [-0.2, 0) is 0 Å². The second kappa shape index (κ2) is 7.83. The number of ether oxygens (including phenoxy) is 1. The number of urea groups is 1. The van der Waals surface area contributed by atoms with Crippen molar-refractivity contribution in [2.75, 3.05) is 11.9 Å². The van der Waals surface area contributed by atoms with Gasteiger partial charge in [-0.1, -0.05) is 18.2 Å². The lowest BCUT2D eigenvalue weighted by atomic mass is 10.0. The summed E-state index contributed by atoms with van der Waals surface area (Å²) in [5, 5.41) is 15.7. The highest BCUT2D eigenvalue weighted by Gasteiger charge is 2.57. The van der Waals surface area contributed by atoms with E-state index < -0.39 is 29.6 Å². The molecule has 164 valence electrons. The molecule has 4 atom stereocenters. The Morgan fingerprint density at radius 2 is 1.75 bits per heavy atom. The quantitative estimate of drug-likeness (QED) is 0.574. The Morgan fingerprint density at radius 1 is 1.03 bits per heavy atom. The maximum atomic E-state index is 14.2. The summed E-state index contributed by atoms with van der Waals surface area (Å²) in [5.41, 5.74) is 1.14. The normalized spacial score (nSPS) is 21.6. The molecule has 3 aromatic rings. The molecule has 1 aliphatic heterocycles. The number of aliphatic hydroxyl groups is 1. The molecule has 9 heteroatoms. The Morgan fingerprint density at radius 3 is 2.47 bits per heavy atom. The first-order chi connectivity index (χ1) is 15.4. The third-order valence-electron chi connectivity index (χ3n) is 5.84. The monoisotopic (exact) mass is 441 g/mol. The zero-order chi connectivity index (χ0) is 22.4. The van der Waals surface area contributed by atoms with Crippen LogP contribution >= 0.6 is 0 Å². The zero-order valence-corrected chi connectivity index (χ0v) is 16.6. The van der Waals surface area contributed by atoms with Crippen LogP contribution in [-0.4, -0.2) is 28.8 Å². The van der Waals surface area contributed by atoms with Crippen molar-refractivity contribution in [3.8, 4) is 5.75 Å². The van der Waals surface area contributed by atoms with Crippen LogP contribution in [0, 0.1) is 23.4 Å². The summed E-state index contributed by atoms with van der Waals surface area (Å²) in [6.45, 7) is 0.192. The third-order valence-corrected chi connectivity index (χ3v) is 5.84. The van der Waals surface area contributed by atoms with Gasteiger partial charge in [-0.2, -0.15) is 0 Å². The van der Waals surface area contributed by atoms with E-state index in [1.165, 1.54) is 36.5 Å². The SMILES string of the molecule is O=C(Nc1ccc(C(O)c2ccc(F)cc2)cn1)N[C@@H]1[C@H]2COc3c(F)ccc(F)c3[C@@H]21. The number of carbonyl (C=O) groups is 1. The largest absolute Gasteiger partial charge is 0.490 e. The standard InChI is InChI=1S/C23H18F3N3O3/c24-13-4-1-11(2-5-13)21(30)12-3-8-17(27-9-12)28-23(31)29-20-14-10-32-22-16(26)7-6-15(25)19(22)18(14)20/h1-9,14,18,20-21,30H,10H2,(H2,27,28,29,31)/t14-,18+,20+,21?/m0/s1. The molecule has 0 saturated heterocycles. The van der Waals surface area contributed by atoms with E-state index in [0.717, 1.165) is 12.1 Å². The molecule has 1 fully saturated rings. The van der Waals surface area contributed by atoms with Crippen molar-refractivity contribution in [3.63, 3.8) is 0 Å². The van der Waals surface area contributed by atoms with Crippen LogP contribution in [0.2, 0.25) is 0 Å². The number of rotatable bonds is 4. The lowest BCUT2D eigenvalue weighted by molar-refractivity contribution is 0.220. The van der Waals surface area contributed by atoms with E-state index in [-0.39, 0.29) is 41.6 Å². The van der Waals surface area contributed by atoms with Crippen LogP contribution in [0.15, 0.2) is 54.7 Å². The fraction of sp³-hybridized carbons (Fsp3) is 0.217. The summed E-state index contributed by atoms with van der Waals surface area (Å²) >= 11 is 0. The van der Waals surface area contributed by atoms with Gasteiger partial charge in [0.05, 0.1) is 6.61 Å². The van der Waals surface area contributed by atoms with Crippen LogP contribution in [0.25, 0.3) is 0 Å². The summed E-state index contributed by atoms with van der Waals surface area (Å²) < 4.78 is 46.5. The van der Waals surface area contributed by atoms with Crippen molar-refractivity contribution >= 4 is 11.8 Å². The molecule has 2 amide bonds. The fourth-order valence-electron chi connectivity index (χ4n) is 4.14. The van der Waals surface area contributed by atoms with Gasteiger partial charge in [0.1, 0.15) is 23.6 Å². The number of halogens is 3. The average molecular weight is 441 g/mol. The van der Waals surface area contributed by atoms with Gasteiger partial charge in [-0.05, 0) is 35.9 Å². The number of aromatic nitrogens is 1. The molecule has 1 aliphatic carbocycles. The number of pyridine rings is 1. The minimum Gasteiger partial charge on any atom is -0.490 e. The molecule has 3 N–H and O–H groups in total. The van der Waals surface area contributed by atoms with Gasteiger partial charge < -0.3 is 15.2 Å². The Labute approximate surface area is 181 Å². The lowest BCUT2D eigenvalue weighted by Gasteiger charge is -2.16. The maximum Gasteiger partial charge on any atom is 0.320 e. The number of hydrogen-bond donors (Lipinski definition) is 3. The van der Waals surface area contributed by atoms with Gasteiger partial charge in [-0.25, -0.2) is 22.9 Å². The van der Waals surface area contributed by atoms with E-state index >= 15 is 0 Å².